The highest BCUT2D eigenvalue weighted by Gasteiger charge is 2.24. The van der Waals surface area contributed by atoms with E-state index >= 15 is 0 Å². The third-order valence-corrected chi connectivity index (χ3v) is 4.48. The second-order valence-corrected chi connectivity index (χ2v) is 6.24. The van der Waals surface area contributed by atoms with Gasteiger partial charge < -0.3 is 9.64 Å². The maximum Gasteiger partial charge on any atom is 0.271 e. The predicted octanol–water partition coefficient (Wildman–Crippen LogP) is 3.80. The van der Waals surface area contributed by atoms with Crippen LogP contribution in [0.1, 0.15) is 37.3 Å². The van der Waals surface area contributed by atoms with Crippen LogP contribution in [0.5, 0.6) is 5.88 Å². The second-order valence-electron chi connectivity index (χ2n) is 5.71. The molecule has 1 aromatic carbocycles. The zero-order valence-corrected chi connectivity index (χ0v) is 13.4. The number of anilines is 1. The molecule has 112 valence electrons. The molecule has 1 saturated heterocycles. The van der Waals surface area contributed by atoms with Crippen LogP contribution in [0.25, 0.3) is 0 Å². The number of hydrogen-bond acceptors (Lipinski definition) is 5. The summed E-state index contributed by atoms with van der Waals surface area (Å²) in [6, 6.07) is 8.89. The number of aryl methyl sites for hydroxylation is 1. The Morgan fingerprint density at radius 1 is 1.33 bits per heavy atom. The van der Waals surface area contributed by atoms with E-state index in [0.717, 1.165) is 12.4 Å². The molecule has 2 heterocycles. The van der Waals surface area contributed by atoms with Gasteiger partial charge in [-0.05, 0) is 38.7 Å². The van der Waals surface area contributed by atoms with Gasteiger partial charge in [0.05, 0.1) is 11.7 Å². The Labute approximate surface area is 130 Å². The molecule has 3 rings (SSSR count). The highest BCUT2D eigenvalue weighted by molar-refractivity contribution is 6.99. The monoisotopic (exact) mass is 303 g/mol. The van der Waals surface area contributed by atoms with Crippen LogP contribution in [0.4, 0.5) is 5.82 Å². The fraction of sp³-hybridized carbons (Fsp3) is 0.500. The maximum atomic E-state index is 5.91. The van der Waals surface area contributed by atoms with E-state index in [1.807, 2.05) is 0 Å². The predicted molar refractivity (Wildman–Crippen MR) is 86.1 cm³/mol. The molecule has 1 fully saturated rings. The number of nitrogens with zero attached hydrogens (tertiary/aromatic N) is 3. The summed E-state index contributed by atoms with van der Waals surface area (Å²) in [5.41, 5.74) is 2.41. The summed E-state index contributed by atoms with van der Waals surface area (Å²) in [7, 11) is 0. The van der Waals surface area contributed by atoms with Crippen molar-refractivity contribution in [1.29, 1.82) is 0 Å². The summed E-state index contributed by atoms with van der Waals surface area (Å²) in [6.45, 7) is 5.94. The Bertz CT molecular complexity index is 599. The molecule has 0 amide bonds. The van der Waals surface area contributed by atoms with Gasteiger partial charge in [0.2, 0.25) is 5.82 Å². The van der Waals surface area contributed by atoms with Crippen molar-refractivity contribution in [2.75, 3.05) is 11.4 Å². The van der Waals surface area contributed by atoms with Crippen LogP contribution in [-0.4, -0.2) is 21.3 Å². The minimum atomic E-state index is 0.518. The van der Waals surface area contributed by atoms with Crippen LogP contribution in [0.3, 0.4) is 0 Å². The van der Waals surface area contributed by atoms with Gasteiger partial charge in [-0.15, -0.1) is 4.37 Å². The number of ether oxygens (including phenoxy) is 1. The third kappa shape index (κ3) is 3.35. The standard InChI is InChI=1S/C16H21N3OS/c1-12-6-5-8-14(10-12)11-20-16-15(17-21-18-16)19-9-4-3-7-13(19)2/h5-6,8,10,13H,3-4,7,9,11H2,1-2H3. The summed E-state index contributed by atoms with van der Waals surface area (Å²) in [5, 5.41) is 0. The lowest BCUT2D eigenvalue weighted by Crippen LogP contribution is -2.37. The molecule has 1 aliphatic heterocycles. The zero-order chi connectivity index (χ0) is 14.7. The van der Waals surface area contributed by atoms with Crippen molar-refractivity contribution < 1.29 is 4.74 Å². The van der Waals surface area contributed by atoms with E-state index in [1.54, 1.807) is 0 Å². The van der Waals surface area contributed by atoms with Crippen molar-refractivity contribution in [3.63, 3.8) is 0 Å². The summed E-state index contributed by atoms with van der Waals surface area (Å²) in [6.07, 6.45) is 3.74. The summed E-state index contributed by atoms with van der Waals surface area (Å²) < 4.78 is 14.7. The van der Waals surface area contributed by atoms with Crippen molar-refractivity contribution >= 4 is 17.5 Å². The summed E-state index contributed by atoms with van der Waals surface area (Å²) >= 11 is 1.23. The lowest BCUT2D eigenvalue weighted by Gasteiger charge is -2.33. The molecule has 1 unspecified atom stereocenters. The topological polar surface area (TPSA) is 38.3 Å². The Morgan fingerprint density at radius 2 is 2.24 bits per heavy atom. The first-order valence-corrected chi connectivity index (χ1v) is 8.24. The van der Waals surface area contributed by atoms with Crippen LogP contribution >= 0.6 is 11.7 Å². The molecule has 4 nitrogen and oxygen atoms in total. The average Bonchev–Trinajstić information content (AvgIpc) is 2.94. The molecule has 21 heavy (non-hydrogen) atoms. The smallest absolute Gasteiger partial charge is 0.271 e. The van der Waals surface area contributed by atoms with Gasteiger partial charge in [0, 0.05) is 12.6 Å². The normalized spacial score (nSPS) is 18.8. The maximum absolute atomic E-state index is 5.91. The molecule has 0 aliphatic carbocycles. The van der Waals surface area contributed by atoms with Crippen LogP contribution in [-0.2, 0) is 6.61 Å². The van der Waals surface area contributed by atoms with Gasteiger partial charge in [-0.1, -0.05) is 29.8 Å². The van der Waals surface area contributed by atoms with Gasteiger partial charge in [-0.2, -0.15) is 4.37 Å². The van der Waals surface area contributed by atoms with Gasteiger partial charge in [0.1, 0.15) is 6.61 Å². The highest BCUT2D eigenvalue weighted by Crippen LogP contribution is 2.31. The number of hydrogen-bond donors (Lipinski definition) is 0. The molecule has 0 N–H and O–H groups in total. The van der Waals surface area contributed by atoms with Crippen LogP contribution in [0.15, 0.2) is 24.3 Å². The highest BCUT2D eigenvalue weighted by atomic mass is 32.1. The van der Waals surface area contributed by atoms with Crippen LogP contribution < -0.4 is 9.64 Å². The van der Waals surface area contributed by atoms with Gasteiger partial charge in [-0.25, -0.2) is 0 Å². The zero-order valence-electron chi connectivity index (χ0n) is 12.6. The Morgan fingerprint density at radius 3 is 3.05 bits per heavy atom. The first-order valence-electron chi connectivity index (χ1n) is 7.51. The van der Waals surface area contributed by atoms with Crippen molar-refractivity contribution in [3.8, 4) is 5.88 Å². The van der Waals surface area contributed by atoms with E-state index in [4.69, 9.17) is 4.74 Å². The van der Waals surface area contributed by atoms with E-state index in [9.17, 15) is 0 Å². The lowest BCUT2D eigenvalue weighted by atomic mass is 10.0. The van der Waals surface area contributed by atoms with Crippen molar-refractivity contribution in [2.24, 2.45) is 0 Å². The number of aromatic nitrogens is 2. The van der Waals surface area contributed by atoms with E-state index in [0.29, 0.717) is 18.5 Å². The summed E-state index contributed by atoms with van der Waals surface area (Å²) in [4.78, 5) is 2.33. The third-order valence-electron chi connectivity index (χ3n) is 3.98. The quantitative estimate of drug-likeness (QED) is 0.861. The van der Waals surface area contributed by atoms with Gasteiger partial charge in [-0.3, -0.25) is 0 Å². The van der Waals surface area contributed by atoms with Crippen molar-refractivity contribution in [2.45, 2.75) is 45.8 Å². The largest absolute Gasteiger partial charge is 0.470 e. The first kappa shape index (κ1) is 14.3. The number of benzene rings is 1. The Kier molecular flexibility index (Phi) is 4.39. The van der Waals surface area contributed by atoms with E-state index in [1.165, 1.54) is 42.1 Å². The molecular formula is C16H21N3OS. The lowest BCUT2D eigenvalue weighted by molar-refractivity contribution is 0.295. The molecule has 0 bridgehead atoms. The second kappa shape index (κ2) is 6.43. The van der Waals surface area contributed by atoms with Gasteiger partial charge >= 0.3 is 0 Å². The van der Waals surface area contributed by atoms with E-state index < -0.39 is 0 Å². The van der Waals surface area contributed by atoms with Crippen LogP contribution in [0, 0.1) is 6.92 Å². The molecule has 1 aromatic heterocycles. The SMILES string of the molecule is Cc1cccc(COc2nsnc2N2CCCCC2C)c1. The molecule has 0 saturated carbocycles. The van der Waals surface area contributed by atoms with Crippen molar-refractivity contribution in [1.82, 2.24) is 8.75 Å². The molecular weight excluding hydrogens is 282 g/mol. The minimum absolute atomic E-state index is 0.518. The average molecular weight is 303 g/mol. The molecule has 0 spiro atoms. The fourth-order valence-electron chi connectivity index (χ4n) is 2.81. The number of rotatable bonds is 4. The summed E-state index contributed by atoms with van der Waals surface area (Å²) in [5.74, 6) is 1.59. The van der Waals surface area contributed by atoms with Gasteiger partial charge in [0.25, 0.3) is 5.88 Å². The molecule has 1 atom stereocenters. The fourth-order valence-corrected chi connectivity index (χ4v) is 3.32. The van der Waals surface area contributed by atoms with Crippen LogP contribution in [0.2, 0.25) is 0 Å². The Balaban J connectivity index is 1.70. The van der Waals surface area contributed by atoms with Gasteiger partial charge in [0.15, 0.2) is 0 Å². The molecule has 2 aromatic rings. The molecule has 0 radical (unpaired) electrons. The van der Waals surface area contributed by atoms with Crippen molar-refractivity contribution in [3.05, 3.63) is 35.4 Å². The molecule has 1 aliphatic rings. The number of piperidine rings is 1. The van der Waals surface area contributed by atoms with E-state index in [2.05, 4.69) is 51.8 Å². The van der Waals surface area contributed by atoms with E-state index in [-0.39, 0.29) is 0 Å². The Hall–Kier alpha value is -1.62. The minimum Gasteiger partial charge on any atom is -0.470 e. The molecule has 5 heteroatoms. The first-order chi connectivity index (χ1) is 10.2.